The van der Waals surface area contributed by atoms with Crippen molar-refractivity contribution in [2.45, 2.75) is 123 Å². The summed E-state index contributed by atoms with van der Waals surface area (Å²) in [5, 5.41) is 15.4. The van der Waals surface area contributed by atoms with E-state index in [9.17, 15) is 24.3 Å². The minimum absolute atomic E-state index is 0.0275. The molecule has 0 aliphatic carbocycles. The zero-order chi connectivity index (χ0) is 31.5. The number of imide groups is 1. The molecular weight excluding hydrogens is 530 g/mol. The van der Waals surface area contributed by atoms with Crippen LogP contribution in [0.15, 0.2) is 42.5 Å². The fourth-order valence-electron chi connectivity index (χ4n) is 5.79. The van der Waals surface area contributed by atoms with E-state index in [0.717, 1.165) is 47.8 Å². The van der Waals surface area contributed by atoms with Crippen LogP contribution in [-0.4, -0.2) is 45.4 Å². The van der Waals surface area contributed by atoms with Crippen molar-refractivity contribution in [3.05, 3.63) is 48.0 Å². The maximum atomic E-state index is 14.0. The second-order valence-corrected chi connectivity index (χ2v) is 12.2. The molecule has 0 aliphatic rings. The van der Waals surface area contributed by atoms with Crippen LogP contribution in [0.2, 0.25) is 0 Å². The van der Waals surface area contributed by atoms with E-state index < -0.39 is 40.8 Å². The lowest BCUT2D eigenvalue weighted by molar-refractivity contribution is -0.177. The Morgan fingerprint density at radius 1 is 0.905 bits per heavy atom. The number of hydrogen-bond donors (Lipinski definition) is 3. The van der Waals surface area contributed by atoms with Crippen LogP contribution < -0.4 is 11.1 Å². The van der Waals surface area contributed by atoms with E-state index in [1.165, 1.54) is 6.42 Å². The van der Waals surface area contributed by atoms with Gasteiger partial charge in [-0.3, -0.25) is 14.4 Å². The number of nitrogens with zero attached hydrogens (tertiary/aromatic N) is 1. The summed E-state index contributed by atoms with van der Waals surface area (Å²) < 4.78 is 0. The quantitative estimate of drug-likeness (QED) is 0.149. The van der Waals surface area contributed by atoms with Gasteiger partial charge in [0.05, 0.1) is 6.04 Å². The van der Waals surface area contributed by atoms with Crippen LogP contribution in [0.5, 0.6) is 0 Å². The molecule has 0 saturated carbocycles. The highest BCUT2D eigenvalue weighted by Crippen LogP contribution is 2.42. The van der Waals surface area contributed by atoms with Gasteiger partial charge in [0.15, 0.2) is 0 Å². The summed E-state index contributed by atoms with van der Waals surface area (Å²) in [4.78, 5) is 55.6. The average Bonchev–Trinajstić information content (AvgIpc) is 2.94. The minimum Gasteiger partial charge on any atom is -0.478 e. The fourth-order valence-corrected chi connectivity index (χ4v) is 5.79. The van der Waals surface area contributed by atoms with Crippen molar-refractivity contribution in [2.24, 2.45) is 11.7 Å². The number of nitrogens with two attached hydrogens (primary N) is 1. The topological polar surface area (TPSA) is 130 Å². The van der Waals surface area contributed by atoms with Crippen LogP contribution in [0.1, 0.15) is 111 Å². The van der Waals surface area contributed by atoms with Gasteiger partial charge in [0.1, 0.15) is 0 Å². The largest absolute Gasteiger partial charge is 0.478 e. The third-order valence-electron chi connectivity index (χ3n) is 8.15. The Labute approximate surface area is 251 Å². The number of carboxylic acids is 1. The van der Waals surface area contributed by atoms with Crippen molar-refractivity contribution in [1.29, 1.82) is 0 Å². The molecule has 0 bridgehead atoms. The number of carbonyl (C=O) groups excluding carboxylic acids is 3. The molecular formula is C34H51N3O5. The van der Waals surface area contributed by atoms with E-state index in [4.69, 9.17) is 5.73 Å². The van der Waals surface area contributed by atoms with Crippen molar-refractivity contribution in [2.75, 3.05) is 0 Å². The van der Waals surface area contributed by atoms with Crippen LogP contribution in [-0.2, 0) is 24.6 Å². The third-order valence-corrected chi connectivity index (χ3v) is 8.15. The number of rotatable bonds is 17. The molecule has 0 spiro atoms. The van der Waals surface area contributed by atoms with Crippen molar-refractivity contribution < 1.29 is 24.3 Å². The number of fused-ring (bicyclic) bond motifs is 1. The van der Waals surface area contributed by atoms with E-state index in [1.54, 1.807) is 26.8 Å². The lowest BCUT2D eigenvalue weighted by Gasteiger charge is -2.50. The van der Waals surface area contributed by atoms with E-state index in [2.05, 4.69) is 12.2 Å². The summed E-state index contributed by atoms with van der Waals surface area (Å²) in [7, 11) is 0. The maximum Gasteiger partial charge on any atom is 0.352 e. The summed E-state index contributed by atoms with van der Waals surface area (Å²) in [5.41, 5.74) is 2.99. The second-order valence-electron chi connectivity index (χ2n) is 12.2. The van der Waals surface area contributed by atoms with Gasteiger partial charge in [0.2, 0.25) is 23.4 Å². The molecule has 2 rings (SSSR count). The second kappa shape index (κ2) is 15.8. The molecule has 3 amide bonds. The predicted octanol–water partition coefficient (Wildman–Crippen LogP) is 6.29. The minimum atomic E-state index is -2.44. The molecule has 0 heterocycles. The van der Waals surface area contributed by atoms with E-state index in [0.29, 0.717) is 12.0 Å². The maximum absolute atomic E-state index is 14.0. The molecule has 2 atom stereocenters. The predicted molar refractivity (Wildman–Crippen MR) is 168 cm³/mol. The smallest absolute Gasteiger partial charge is 0.352 e. The molecule has 2 unspecified atom stereocenters. The summed E-state index contributed by atoms with van der Waals surface area (Å²) in [6.45, 7) is 10.8. The van der Waals surface area contributed by atoms with Crippen LogP contribution in [0.3, 0.4) is 0 Å². The van der Waals surface area contributed by atoms with Crippen LogP contribution in [0.25, 0.3) is 10.8 Å². The fraction of sp³-hybridized carbons (Fsp3) is 0.588. The van der Waals surface area contributed by atoms with Crippen LogP contribution in [0.4, 0.5) is 0 Å². The van der Waals surface area contributed by atoms with Crippen molar-refractivity contribution in [3.63, 3.8) is 0 Å². The molecule has 0 fully saturated rings. The van der Waals surface area contributed by atoms with Crippen molar-refractivity contribution >= 4 is 34.5 Å². The first-order valence-electron chi connectivity index (χ1n) is 15.5. The molecule has 2 aromatic carbocycles. The Kier molecular flexibility index (Phi) is 13.2. The van der Waals surface area contributed by atoms with Gasteiger partial charge in [0, 0.05) is 18.3 Å². The molecule has 8 heteroatoms. The Morgan fingerprint density at radius 2 is 1.50 bits per heavy atom. The van der Waals surface area contributed by atoms with Crippen LogP contribution >= 0.6 is 0 Å². The summed E-state index contributed by atoms with van der Waals surface area (Å²) in [6, 6.07) is 11.9. The zero-order valence-electron chi connectivity index (χ0n) is 26.4. The molecule has 232 valence electrons. The zero-order valence-corrected chi connectivity index (χ0v) is 26.4. The van der Waals surface area contributed by atoms with E-state index in [1.807, 2.05) is 50.2 Å². The van der Waals surface area contributed by atoms with Gasteiger partial charge in [-0.05, 0) is 35.1 Å². The Balaban J connectivity index is 2.68. The van der Waals surface area contributed by atoms with Gasteiger partial charge in [-0.2, -0.15) is 0 Å². The summed E-state index contributed by atoms with van der Waals surface area (Å²) in [5.74, 6) is -3.54. The molecule has 42 heavy (non-hydrogen) atoms. The molecule has 2 aromatic rings. The van der Waals surface area contributed by atoms with Gasteiger partial charge in [-0.15, -0.1) is 0 Å². The van der Waals surface area contributed by atoms with Gasteiger partial charge >= 0.3 is 5.97 Å². The lowest BCUT2D eigenvalue weighted by atomic mass is 9.69. The molecule has 8 nitrogen and oxygen atoms in total. The highest BCUT2D eigenvalue weighted by molar-refractivity contribution is 6.05. The Morgan fingerprint density at radius 3 is 2.10 bits per heavy atom. The summed E-state index contributed by atoms with van der Waals surface area (Å²) >= 11 is 0. The van der Waals surface area contributed by atoms with Gasteiger partial charge in [-0.25, -0.2) is 9.69 Å². The van der Waals surface area contributed by atoms with E-state index >= 15 is 0 Å². The average molecular weight is 582 g/mol. The van der Waals surface area contributed by atoms with Crippen LogP contribution in [0, 0.1) is 5.92 Å². The molecule has 0 aliphatic heterocycles. The standard InChI is InChI=1S/C34H51N3O5/c1-7-9-10-11-12-13-14-22-29(38)36-34(32(41)42,37(30(39)8-2)31(40)28(35)23-24(3)4)33(5,6)27-21-17-19-25-18-15-16-20-26(25)27/h15-21,24,28H,7-14,22-23,35H2,1-6H3,(H,36,38)(H,41,42). The molecule has 0 radical (unpaired) electrons. The monoisotopic (exact) mass is 581 g/mol. The van der Waals surface area contributed by atoms with Crippen molar-refractivity contribution in [3.8, 4) is 0 Å². The van der Waals surface area contributed by atoms with E-state index in [-0.39, 0.29) is 25.2 Å². The highest BCUT2D eigenvalue weighted by atomic mass is 16.4. The number of nitrogens with one attached hydrogen (secondary N) is 1. The van der Waals surface area contributed by atoms with Gasteiger partial charge in [0.25, 0.3) is 0 Å². The first-order chi connectivity index (χ1) is 19.8. The Bertz CT molecular complexity index is 1220. The van der Waals surface area contributed by atoms with Gasteiger partial charge < -0.3 is 16.2 Å². The number of benzene rings is 2. The number of carboxylic acid groups (broad SMARTS) is 1. The SMILES string of the molecule is CCCCCCCCCC(=O)NC(C(=O)O)(N(C(=O)CC)C(=O)C(N)CC(C)C)C(C)(C)c1cccc2ccccc12. The number of unbranched alkanes of at least 4 members (excludes halogenated alkanes) is 6. The number of amides is 3. The normalized spacial score (nSPS) is 13.9. The third kappa shape index (κ3) is 7.97. The highest BCUT2D eigenvalue weighted by Gasteiger charge is 2.61. The van der Waals surface area contributed by atoms with Crippen molar-refractivity contribution in [1.82, 2.24) is 10.2 Å². The van der Waals surface area contributed by atoms with Gasteiger partial charge in [-0.1, -0.05) is 123 Å². The molecule has 0 saturated heterocycles. The number of aliphatic carboxylic acids is 1. The molecule has 4 N–H and O–H groups in total. The number of carbonyl (C=O) groups is 4. The first kappa shape index (κ1) is 34.9. The number of hydrogen-bond acceptors (Lipinski definition) is 5. The molecule has 0 aromatic heterocycles. The first-order valence-corrected chi connectivity index (χ1v) is 15.5. The Hall–Kier alpha value is -3.26. The lowest BCUT2D eigenvalue weighted by Crippen LogP contribution is -2.77. The summed E-state index contributed by atoms with van der Waals surface area (Å²) in [6.07, 6.45) is 7.15.